The zero-order valence-corrected chi connectivity index (χ0v) is 25.3. The van der Waals surface area contributed by atoms with Gasteiger partial charge in [0.05, 0.1) is 11.4 Å². The number of furan rings is 1. The zero-order chi connectivity index (χ0) is 30.1. The highest BCUT2D eigenvalue weighted by atomic mass is 16.3. The Kier molecular flexibility index (Phi) is 5.58. The Balaban J connectivity index is 1.37. The SMILES string of the molecule is CC1(C)c2ccccc2-c2c(N(c3ccccc3)c3ccccc3-c3cccc4ccc5oc6ccccc6c5c34)cccc21. The van der Waals surface area contributed by atoms with Crippen molar-refractivity contribution in [2.45, 2.75) is 19.3 Å². The number of hydrogen-bond donors (Lipinski definition) is 0. The molecule has 0 aliphatic heterocycles. The van der Waals surface area contributed by atoms with Gasteiger partial charge in [0.25, 0.3) is 0 Å². The van der Waals surface area contributed by atoms with E-state index in [1.165, 1.54) is 49.8 Å². The molecule has 2 nitrogen and oxygen atoms in total. The Morgan fingerprint density at radius 3 is 2.02 bits per heavy atom. The number of rotatable bonds is 4. The van der Waals surface area contributed by atoms with Crippen molar-refractivity contribution in [3.8, 4) is 22.3 Å². The lowest BCUT2D eigenvalue weighted by molar-refractivity contribution is 0.660. The second kappa shape index (κ2) is 9.70. The second-order valence-corrected chi connectivity index (χ2v) is 12.5. The molecular formula is C43H31NO. The Labute approximate surface area is 262 Å². The van der Waals surface area contributed by atoms with Crippen LogP contribution >= 0.6 is 0 Å². The number of para-hydroxylation sites is 3. The minimum Gasteiger partial charge on any atom is -0.456 e. The lowest BCUT2D eigenvalue weighted by Gasteiger charge is -2.30. The summed E-state index contributed by atoms with van der Waals surface area (Å²) in [5.74, 6) is 0. The molecule has 2 heteroatoms. The van der Waals surface area contributed by atoms with Gasteiger partial charge in [0.2, 0.25) is 0 Å². The van der Waals surface area contributed by atoms with E-state index in [9.17, 15) is 0 Å². The third kappa shape index (κ3) is 3.76. The normalized spacial score (nSPS) is 13.3. The molecule has 1 heterocycles. The van der Waals surface area contributed by atoms with Crippen LogP contribution in [-0.4, -0.2) is 0 Å². The van der Waals surface area contributed by atoms with Crippen LogP contribution in [0.5, 0.6) is 0 Å². The Hall–Kier alpha value is -5.60. The van der Waals surface area contributed by atoms with Crippen molar-refractivity contribution >= 4 is 49.8 Å². The first-order valence-corrected chi connectivity index (χ1v) is 15.6. The van der Waals surface area contributed by atoms with Crippen LogP contribution in [0.25, 0.3) is 55.0 Å². The zero-order valence-electron chi connectivity index (χ0n) is 25.3. The highest BCUT2D eigenvalue weighted by molar-refractivity contribution is 6.23. The van der Waals surface area contributed by atoms with Crippen LogP contribution < -0.4 is 4.90 Å². The molecule has 0 fully saturated rings. The van der Waals surface area contributed by atoms with Crippen molar-refractivity contribution in [2.75, 3.05) is 4.90 Å². The molecule has 214 valence electrons. The maximum absolute atomic E-state index is 6.36. The molecule has 0 amide bonds. The van der Waals surface area contributed by atoms with E-state index < -0.39 is 0 Å². The summed E-state index contributed by atoms with van der Waals surface area (Å²) < 4.78 is 6.36. The van der Waals surface area contributed by atoms with Gasteiger partial charge in [0.15, 0.2) is 0 Å². The van der Waals surface area contributed by atoms with E-state index in [1.54, 1.807) is 0 Å². The molecule has 0 bridgehead atoms. The summed E-state index contributed by atoms with van der Waals surface area (Å²) in [4.78, 5) is 2.46. The largest absolute Gasteiger partial charge is 0.456 e. The Morgan fingerprint density at radius 1 is 0.467 bits per heavy atom. The summed E-state index contributed by atoms with van der Waals surface area (Å²) in [5.41, 5.74) is 12.9. The standard InChI is InChI=1S/C43H31NO/c1-43(2)34-21-9-6-18-32(34)41-35(43)22-13-24-37(41)44(29-15-4-3-5-16-29)36-23-10-7-17-30(36)31-20-12-14-28-26-27-39-42(40(28)31)33-19-8-11-25-38(33)45-39/h3-27H,1-2H3. The minimum atomic E-state index is -0.0899. The van der Waals surface area contributed by atoms with Gasteiger partial charge in [0, 0.05) is 38.4 Å². The van der Waals surface area contributed by atoms with E-state index in [0.717, 1.165) is 33.3 Å². The fraction of sp³-hybridized carbons (Fsp3) is 0.0698. The van der Waals surface area contributed by atoms with Crippen LogP contribution in [0.1, 0.15) is 25.0 Å². The van der Waals surface area contributed by atoms with E-state index in [1.807, 2.05) is 6.07 Å². The summed E-state index contributed by atoms with van der Waals surface area (Å²) in [6, 6.07) is 54.6. The van der Waals surface area contributed by atoms with Gasteiger partial charge in [-0.05, 0) is 64.0 Å². The number of anilines is 3. The molecule has 0 atom stereocenters. The number of hydrogen-bond acceptors (Lipinski definition) is 2. The molecule has 0 N–H and O–H groups in total. The van der Waals surface area contributed by atoms with Crippen LogP contribution in [-0.2, 0) is 5.41 Å². The first kappa shape index (κ1) is 25.9. The van der Waals surface area contributed by atoms with E-state index in [4.69, 9.17) is 4.42 Å². The smallest absolute Gasteiger partial charge is 0.136 e. The maximum Gasteiger partial charge on any atom is 0.136 e. The van der Waals surface area contributed by atoms with E-state index in [0.29, 0.717) is 0 Å². The average molecular weight is 578 g/mol. The summed E-state index contributed by atoms with van der Waals surface area (Å²) in [5, 5.41) is 4.72. The summed E-state index contributed by atoms with van der Waals surface area (Å²) >= 11 is 0. The van der Waals surface area contributed by atoms with Gasteiger partial charge < -0.3 is 9.32 Å². The molecule has 0 saturated carbocycles. The van der Waals surface area contributed by atoms with E-state index in [2.05, 4.69) is 164 Å². The second-order valence-electron chi connectivity index (χ2n) is 12.5. The van der Waals surface area contributed by atoms with Gasteiger partial charge in [0.1, 0.15) is 11.2 Å². The summed E-state index contributed by atoms with van der Waals surface area (Å²) in [7, 11) is 0. The van der Waals surface area contributed by atoms with Crippen LogP contribution in [0.2, 0.25) is 0 Å². The van der Waals surface area contributed by atoms with Crippen molar-refractivity contribution in [1.82, 2.24) is 0 Å². The highest BCUT2D eigenvalue weighted by Gasteiger charge is 2.37. The first-order chi connectivity index (χ1) is 22.1. The molecule has 45 heavy (non-hydrogen) atoms. The Morgan fingerprint density at radius 2 is 1.13 bits per heavy atom. The number of fused-ring (bicyclic) bond motifs is 8. The van der Waals surface area contributed by atoms with Gasteiger partial charge in [-0.1, -0.05) is 129 Å². The predicted molar refractivity (Wildman–Crippen MR) is 189 cm³/mol. The van der Waals surface area contributed by atoms with Gasteiger partial charge >= 0.3 is 0 Å². The van der Waals surface area contributed by atoms with Crippen molar-refractivity contribution in [3.05, 3.63) is 163 Å². The molecule has 7 aromatic carbocycles. The van der Waals surface area contributed by atoms with Gasteiger partial charge in [-0.2, -0.15) is 0 Å². The Bertz CT molecular complexity index is 2410. The summed E-state index contributed by atoms with van der Waals surface area (Å²) in [6.45, 7) is 4.69. The van der Waals surface area contributed by atoms with Crippen molar-refractivity contribution < 1.29 is 4.42 Å². The minimum absolute atomic E-state index is 0.0899. The van der Waals surface area contributed by atoms with Crippen LogP contribution in [0.15, 0.2) is 156 Å². The quantitative estimate of drug-likeness (QED) is 0.207. The van der Waals surface area contributed by atoms with Crippen molar-refractivity contribution in [3.63, 3.8) is 0 Å². The molecular weight excluding hydrogens is 546 g/mol. The van der Waals surface area contributed by atoms with Crippen LogP contribution in [0.4, 0.5) is 17.1 Å². The van der Waals surface area contributed by atoms with Gasteiger partial charge in [-0.15, -0.1) is 0 Å². The predicted octanol–water partition coefficient (Wildman–Crippen LogP) is 12.2. The molecule has 0 unspecified atom stereocenters. The third-order valence-corrected chi connectivity index (χ3v) is 9.66. The summed E-state index contributed by atoms with van der Waals surface area (Å²) in [6.07, 6.45) is 0. The number of nitrogens with zero attached hydrogens (tertiary/aromatic N) is 1. The van der Waals surface area contributed by atoms with Crippen LogP contribution in [0.3, 0.4) is 0 Å². The van der Waals surface area contributed by atoms with Gasteiger partial charge in [-0.25, -0.2) is 0 Å². The van der Waals surface area contributed by atoms with Crippen molar-refractivity contribution in [2.24, 2.45) is 0 Å². The lowest BCUT2D eigenvalue weighted by atomic mass is 9.82. The average Bonchev–Trinajstić information content (AvgIpc) is 3.58. The molecule has 9 rings (SSSR count). The molecule has 8 aromatic rings. The molecule has 0 radical (unpaired) electrons. The van der Waals surface area contributed by atoms with Gasteiger partial charge in [-0.3, -0.25) is 0 Å². The van der Waals surface area contributed by atoms with Crippen LogP contribution in [0, 0.1) is 0 Å². The number of benzene rings is 7. The highest BCUT2D eigenvalue weighted by Crippen LogP contribution is 2.55. The maximum atomic E-state index is 6.36. The van der Waals surface area contributed by atoms with E-state index >= 15 is 0 Å². The molecule has 1 aliphatic rings. The van der Waals surface area contributed by atoms with Crippen molar-refractivity contribution in [1.29, 1.82) is 0 Å². The third-order valence-electron chi connectivity index (χ3n) is 9.66. The molecule has 0 saturated heterocycles. The lowest BCUT2D eigenvalue weighted by Crippen LogP contribution is -2.16. The fourth-order valence-corrected chi connectivity index (χ4v) is 7.62. The van der Waals surface area contributed by atoms with E-state index in [-0.39, 0.29) is 5.41 Å². The fourth-order valence-electron chi connectivity index (χ4n) is 7.62. The monoisotopic (exact) mass is 577 g/mol. The topological polar surface area (TPSA) is 16.4 Å². The molecule has 1 aromatic heterocycles. The first-order valence-electron chi connectivity index (χ1n) is 15.6. The molecule has 0 spiro atoms. The molecule has 1 aliphatic carbocycles.